The Morgan fingerprint density at radius 2 is 2.06 bits per heavy atom. The van der Waals surface area contributed by atoms with Crippen LogP contribution in [0.15, 0.2) is 12.5 Å². The summed E-state index contributed by atoms with van der Waals surface area (Å²) in [5, 5.41) is 3.33. The van der Waals surface area contributed by atoms with Gasteiger partial charge in [0.05, 0.1) is 30.8 Å². The third-order valence-electron chi connectivity index (χ3n) is 3.74. The summed E-state index contributed by atoms with van der Waals surface area (Å²) in [5.74, 6) is 0. The Hall–Kier alpha value is -0.910. The number of aromatic nitrogens is 2. The van der Waals surface area contributed by atoms with Crippen LogP contribution < -0.4 is 5.32 Å². The Morgan fingerprint density at radius 3 is 2.72 bits per heavy atom. The summed E-state index contributed by atoms with van der Waals surface area (Å²) in [6, 6.07) is 0. The topological polar surface area (TPSA) is 42.3 Å². The van der Waals surface area contributed by atoms with Crippen LogP contribution in [-0.4, -0.2) is 54.3 Å². The maximum absolute atomic E-state index is 5.36. The average Bonchev–Trinajstić information content (AvgIpc) is 2.87. The summed E-state index contributed by atoms with van der Waals surface area (Å²) < 4.78 is 7.60. The standard InChI is InChI=1S/C13H24N4O/c1-13(2,14-3)12-10-15-11-17(12)5-4-16-6-8-18-9-7-16/h10-11,14H,4-9H2,1-3H3. The molecule has 1 aliphatic rings. The Kier molecular flexibility index (Phi) is 4.37. The van der Waals surface area contributed by atoms with Gasteiger partial charge in [0.25, 0.3) is 0 Å². The highest BCUT2D eigenvalue weighted by Crippen LogP contribution is 2.18. The van der Waals surface area contributed by atoms with Crippen LogP contribution in [0, 0.1) is 0 Å². The van der Waals surface area contributed by atoms with E-state index in [2.05, 4.69) is 33.6 Å². The summed E-state index contributed by atoms with van der Waals surface area (Å²) in [7, 11) is 1.99. The van der Waals surface area contributed by atoms with Crippen molar-refractivity contribution >= 4 is 0 Å². The molecule has 1 fully saturated rings. The minimum Gasteiger partial charge on any atom is -0.379 e. The highest BCUT2D eigenvalue weighted by Gasteiger charge is 2.22. The molecule has 0 atom stereocenters. The predicted molar refractivity (Wildman–Crippen MR) is 71.6 cm³/mol. The van der Waals surface area contributed by atoms with Crippen LogP contribution in [0.2, 0.25) is 0 Å². The number of rotatable bonds is 5. The molecule has 1 N–H and O–H groups in total. The molecule has 0 aliphatic carbocycles. The average molecular weight is 252 g/mol. The summed E-state index contributed by atoms with van der Waals surface area (Å²) in [5.41, 5.74) is 1.19. The Bertz CT molecular complexity index is 369. The fourth-order valence-electron chi connectivity index (χ4n) is 2.22. The second-order valence-corrected chi connectivity index (χ2v) is 5.30. The van der Waals surface area contributed by atoms with Crippen LogP contribution in [-0.2, 0) is 16.8 Å². The molecule has 0 bridgehead atoms. The normalized spacial score (nSPS) is 18.2. The van der Waals surface area contributed by atoms with E-state index in [4.69, 9.17) is 4.74 Å². The van der Waals surface area contributed by atoms with E-state index in [0.29, 0.717) is 0 Å². The molecule has 0 saturated carbocycles. The van der Waals surface area contributed by atoms with Gasteiger partial charge in [-0.15, -0.1) is 0 Å². The molecular weight excluding hydrogens is 228 g/mol. The quantitative estimate of drug-likeness (QED) is 0.836. The van der Waals surface area contributed by atoms with Gasteiger partial charge < -0.3 is 14.6 Å². The molecule has 0 radical (unpaired) electrons. The largest absolute Gasteiger partial charge is 0.379 e. The molecule has 1 aromatic heterocycles. The smallest absolute Gasteiger partial charge is 0.0949 e. The van der Waals surface area contributed by atoms with Gasteiger partial charge in [0, 0.05) is 32.4 Å². The van der Waals surface area contributed by atoms with Crippen molar-refractivity contribution in [3.8, 4) is 0 Å². The van der Waals surface area contributed by atoms with Gasteiger partial charge in [-0.05, 0) is 20.9 Å². The Labute approximate surface area is 109 Å². The Morgan fingerprint density at radius 1 is 1.33 bits per heavy atom. The molecule has 0 spiro atoms. The maximum atomic E-state index is 5.36. The van der Waals surface area contributed by atoms with E-state index >= 15 is 0 Å². The van der Waals surface area contributed by atoms with Crippen molar-refractivity contribution in [2.24, 2.45) is 0 Å². The first-order chi connectivity index (χ1) is 8.63. The minimum atomic E-state index is -0.0402. The van der Waals surface area contributed by atoms with E-state index in [1.165, 1.54) is 5.69 Å². The summed E-state index contributed by atoms with van der Waals surface area (Å²) >= 11 is 0. The van der Waals surface area contributed by atoms with E-state index < -0.39 is 0 Å². The molecule has 18 heavy (non-hydrogen) atoms. The summed E-state index contributed by atoms with van der Waals surface area (Å²) in [6.45, 7) is 10.2. The van der Waals surface area contributed by atoms with Gasteiger partial charge in [-0.25, -0.2) is 4.98 Å². The first kappa shape index (κ1) is 13.5. The van der Waals surface area contributed by atoms with Crippen LogP contribution in [0.25, 0.3) is 0 Å². The van der Waals surface area contributed by atoms with E-state index in [1.807, 2.05) is 19.6 Å². The SMILES string of the molecule is CNC(C)(C)c1cncn1CCN1CCOCC1. The van der Waals surface area contributed by atoms with Crippen LogP contribution >= 0.6 is 0 Å². The molecule has 1 aliphatic heterocycles. The molecule has 2 rings (SSSR count). The summed E-state index contributed by atoms with van der Waals surface area (Å²) in [6.07, 6.45) is 3.88. The lowest BCUT2D eigenvalue weighted by molar-refractivity contribution is 0.0362. The number of ether oxygens (including phenoxy) is 1. The van der Waals surface area contributed by atoms with Crippen molar-refractivity contribution in [1.82, 2.24) is 19.8 Å². The lowest BCUT2D eigenvalue weighted by Crippen LogP contribution is -2.39. The van der Waals surface area contributed by atoms with Crippen LogP contribution in [0.3, 0.4) is 0 Å². The number of nitrogens with zero attached hydrogens (tertiary/aromatic N) is 3. The second-order valence-electron chi connectivity index (χ2n) is 5.30. The zero-order chi connectivity index (χ0) is 13.0. The molecule has 5 nitrogen and oxygen atoms in total. The molecule has 0 aromatic carbocycles. The van der Waals surface area contributed by atoms with Gasteiger partial charge >= 0.3 is 0 Å². The number of hydrogen-bond donors (Lipinski definition) is 1. The van der Waals surface area contributed by atoms with Gasteiger partial charge in [-0.1, -0.05) is 0 Å². The summed E-state index contributed by atoms with van der Waals surface area (Å²) in [4.78, 5) is 6.72. The molecule has 5 heteroatoms. The van der Waals surface area contributed by atoms with E-state index in [9.17, 15) is 0 Å². The first-order valence-electron chi connectivity index (χ1n) is 6.63. The molecular formula is C13H24N4O. The van der Waals surface area contributed by atoms with Gasteiger partial charge in [0.1, 0.15) is 0 Å². The first-order valence-corrected chi connectivity index (χ1v) is 6.63. The number of hydrogen-bond acceptors (Lipinski definition) is 4. The lowest BCUT2D eigenvalue weighted by atomic mass is 10.0. The van der Waals surface area contributed by atoms with Crippen molar-refractivity contribution in [1.29, 1.82) is 0 Å². The third kappa shape index (κ3) is 3.10. The second kappa shape index (κ2) is 5.82. The zero-order valence-corrected chi connectivity index (χ0v) is 11.6. The van der Waals surface area contributed by atoms with Crippen LogP contribution in [0.4, 0.5) is 0 Å². The molecule has 0 unspecified atom stereocenters. The van der Waals surface area contributed by atoms with E-state index in [0.717, 1.165) is 39.4 Å². The Balaban J connectivity index is 1.95. The molecule has 1 saturated heterocycles. The lowest BCUT2D eigenvalue weighted by Gasteiger charge is -2.29. The van der Waals surface area contributed by atoms with Crippen molar-refractivity contribution < 1.29 is 4.74 Å². The third-order valence-corrected chi connectivity index (χ3v) is 3.74. The number of nitrogens with one attached hydrogen (secondary N) is 1. The van der Waals surface area contributed by atoms with Gasteiger partial charge in [-0.3, -0.25) is 4.90 Å². The van der Waals surface area contributed by atoms with Crippen LogP contribution in [0.1, 0.15) is 19.5 Å². The zero-order valence-electron chi connectivity index (χ0n) is 11.6. The molecule has 102 valence electrons. The fourth-order valence-corrected chi connectivity index (χ4v) is 2.22. The van der Waals surface area contributed by atoms with Gasteiger partial charge in [0.15, 0.2) is 0 Å². The minimum absolute atomic E-state index is 0.0402. The molecule has 2 heterocycles. The predicted octanol–water partition coefficient (Wildman–Crippen LogP) is 0.670. The van der Waals surface area contributed by atoms with Crippen molar-refractivity contribution in [2.75, 3.05) is 39.9 Å². The van der Waals surface area contributed by atoms with Crippen molar-refractivity contribution in [3.63, 3.8) is 0 Å². The van der Waals surface area contributed by atoms with E-state index in [1.54, 1.807) is 0 Å². The fraction of sp³-hybridized carbons (Fsp3) is 0.769. The van der Waals surface area contributed by atoms with Gasteiger partial charge in [-0.2, -0.15) is 0 Å². The molecule has 0 amide bonds. The maximum Gasteiger partial charge on any atom is 0.0949 e. The van der Waals surface area contributed by atoms with Crippen LogP contribution in [0.5, 0.6) is 0 Å². The number of imidazole rings is 1. The monoisotopic (exact) mass is 252 g/mol. The van der Waals surface area contributed by atoms with Gasteiger partial charge in [0.2, 0.25) is 0 Å². The highest BCUT2D eigenvalue weighted by molar-refractivity contribution is 5.10. The number of morpholine rings is 1. The van der Waals surface area contributed by atoms with E-state index in [-0.39, 0.29) is 5.54 Å². The molecule has 1 aromatic rings. The van der Waals surface area contributed by atoms with Crippen molar-refractivity contribution in [2.45, 2.75) is 25.9 Å². The van der Waals surface area contributed by atoms with Crippen molar-refractivity contribution in [3.05, 3.63) is 18.2 Å². The highest BCUT2D eigenvalue weighted by atomic mass is 16.5.